The molecule has 0 aromatic heterocycles. The van der Waals surface area contributed by atoms with Gasteiger partial charge in [0, 0.05) is 51.7 Å². The molecule has 3 nitrogen and oxygen atoms in total. The van der Waals surface area contributed by atoms with Crippen LogP contribution in [0.15, 0.2) is 116 Å². The molecule has 364 valence electrons. The summed E-state index contributed by atoms with van der Waals surface area (Å²) in [4.78, 5) is 7.53. The number of aryl methyl sites for hydroxylation is 3. The van der Waals surface area contributed by atoms with Gasteiger partial charge in [0.1, 0.15) is 0 Å². The molecule has 6 aromatic rings. The fraction of sp³-hybridized carbons (Fsp3) is 0.424. The third-order valence-corrected chi connectivity index (χ3v) is 17.2. The van der Waals surface area contributed by atoms with Crippen LogP contribution >= 0.6 is 0 Å². The predicted octanol–water partition coefficient (Wildman–Crippen LogP) is 17.7. The van der Waals surface area contributed by atoms with Gasteiger partial charge in [0.2, 0.25) is 6.71 Å². The van der Waals surface area contributed by atoms with E-state index >= 15 is 0 Å². The van der Waals surface area contributed by atoms with Crippen LogP contribution in [0.4, 0.5) is 45.5 Å². The summed E-state index contributed by atoms with van der Waals surface area (Å²) in [6.07, 6.45) is 6.78. The van der Waals surface area contributed by atoms with E-state index in [1.807, 2.05) is 0 Å². The lowest BCUT2D eigenvalue weighted by molar-refractivity contribution is 0.332. The molecule has 2 aliphatic carbocycles. The van der Waals surface area contributed by atoms with Gasteiger partial charge in [-0.25, -0.2) is 0 Å². The quantitative estimate of drug-likeness (QED) is 0.148. The second kappa shape index (κ2) is 16.8. The van der Waals surface area contributed by atoms with Gasteiger partial charge in [-0.2, -0.15) is 0 Å². The highest BCUT2D eigenvalue weighted by atomic mass is 15.2. The van der Waals surface area contributed by atoms with E-state index in [-0.39, 0.29) is 39.2 Å². The van der Waals surface area contributed by atoms with Crippen molar-refractivity contribution in [2.75, 3.05) is 14.7 Å². The molecule has 1 heterocycles. The van der Waals surface area contributed by atoms with Crippen molar-refractivity contribution in [3.05, 3.63) is 166 Å². The molecule has 3 aliphatic rings. The molecule has 0 bridgehead atoms. The monoisotopic (exact) mass is 928 g/mol. The minimum Gasteiger partial charge on any atom is -0.318 e. The Morgan fingerprint density at radius 1 is 0.500 bits per heavy atom. The van der Waals surface area contributed by atoms with Crippen molar-refractivity contribution in [2.45, 2.75) is 183 Å². The van der Waals surface area contributed by atoms with Crippen LogP contribution in [0.1, 0.15) is 173 Å². The van der Waals surface area contributed by atoms with Crippen LogP contribution in [0.5, 0.6) is 0 Å². The van der Waals surface area contributed by atoms with Gasteiger partial charge in [0.15, 0.2) is 0 Å². The summed E-state index contributed by atoms with van der Waals surface area (Å²) in [5.74, 6) is 0. The van der Waals surface area contributed by atoms with Crippen molar-refractivity contribution < 1.29 is 0 Å². The topological polar surface area (TPSA) is 9.72 Å². The smallest absolute Gasteiger partial charge is 0.214 e. The fourth-order valence-electron chi connectivity index (χ4n) is 12.3. The van der Waals surface area contributed by atoms with Crippen LogP contribution in [-0.2, 0) is 32.5 Å². The van der Waals surface area contributed by atoms with E-state index in [1.54, 1.807) is 0 Å². The Kier molecular flexibility index (Phi) is 11.9. The molecule has 0 fully saturated rings. The molecule has 0 amide bonds. The highest BCUT2D eigenvalue weighted by Crippen LogP contribution is 2.52. The molecule has 0 atom stereocenters. The molecule has 0 radical (unpaired) electrons. The summed E-state index contributed by atoms with van der Waals surface area (Å²) in [6.45, 7) is 47.3. The van der Waals surface area contributed by atoms with E-state index in [2.05, 4.69) is 255 Å². The Morgan fingerprint density at radius 2 is 0.943 bits per heavy atom. The molecule has 0 saturated heterocycles. The lowest BCUT2D eigenvalue weighted by atomic mass is 9.40. The maximum atomic E-state index is 4.58. The Labute approximate surface area is 424 Å². The maximum absolute atomic E-state index is 4.58. The van der Waals surface area contributed by atoms with Gasteiger partial charge < -0.3 is 14.7 Å². The molecule has 70 heavy (non-hydrogen) atoms. The van der Waals surface area contributed by atoms with Gasteiger partial charge in [-0.3, -0.25) is 0 Å². The minimum absolute atomic E-state index is 0.0445. The van der Waals surface area contributed by atoms with Crippen molar-refractivity contribution in [2.24, 2.45) is 0 Å². The maximum Gasteiger partial charge on any atom is 0.214 e. The van der Waals surface area contributed by atoms with Crippen LogP contribution in [0, 0.1) is 20.8 Å². The first-order valence-electron chi connectivity index (χ1n) is 26.4. The van der Waals surface area contributed by atoms with Crippen molar-refractivity contribution in [1.82, 2.24) is 0 Å². The summed E-state index contributed by atoms with van der Waals surface area (Å²) < 4.78 is 0. The Morgan fingerprint density at radius 3 is 1.41 bits per heavy atom. The number of fused-ring (bicyclic) bond motifs is 4. The molecule has 0 unspecified atom stereocenters. The Balaban J connectivity index is 1.30. The number of anilines is 8. The van der Waals surface area contributed by atoms with Gasteiger partial charge in [0.05, 0.1) is 0 Å². The second-order valence-electron chi connectivity index (χ2n) is 26.4. The van der Waals surface area contributed by atoms with Crippen molar-refractivity contribution in [1.29, 1.82) is 0 Å². The zero-order valence-electron chi connectivity index (χ0n) is 46.3. The lowest BCUT2D eigenvalue weighted by Crippen LogP contribution is -2.50. The highest BCUT2D eigenvalue weighted by Gasteiger charge is 2.42. The van der Waals surface area contributed by atoms with Crippen LogP contribution < -0.4 is 25.6 Å². The van der Waals surface area contributed by atoms with Gasteiger partial charge in [0.25, 0.3) is 0 Å². The molecular formula is C66H82BN3. The lowest BCUT2D eigenvalue weighted by Gasteiger charge is -2.45. The SMILES string of the molecule is C=CN(c1cc2c(cc1C)C(C)(C)CCC2(C)C)c1cc(C)cc2c1B(C)c1ccc(N(c3ccc(C(C)(C)C)cc3)c3ccc(C(C)(C)C)cc3)cc1N2c1cc2c(cc1C)C(C)(C)CCC2(C)C. The van der Waals surface area contributed by atoms with E-state index in [4.69, 9.17) is 0 Å². The Bertz CT molecular complexity index is 2960. The first kappa shape index (κ1) is 49.5. The molecule has 0 saturated carbocycles. The van der Waals surface area contributed by atoms with Crippen LogP contribution in [-0.4, -0.2) is 6.71 Å². The van der Waals surface area contributed by atoms with E-state index in [0.29, 0.717) is 0 Å². The number of hydrogen-bond acceptors (Lipinski definition) is 3. The number of nitrogens with zero attached hydrogens (tertiary/aromatic N) is 3. The van der Waals surface area contributed by atoms with Gasteiger partial charge in [-0.15, -0.1) is 0 Å². The molecule has 4 heteroatoms. The normalized spacial score (nSPS) is 17.5. The third-order valence-electron chi connectivity index (χ3n) is 17.2. The van der Waals surface area contributed by atoms with Gasteiger partial charge >= 0.3 is 0 Å². The van der Waals surface area contributed by atoms with E-state index in [9.17, 15) is 0 Å². The zero-order valence-corrected chi connectivity index (χ0v) is 46.3. The zero-order chi connectivity index (χ0) is 50.8. The summed E-state index contributed by atoms with van der Waals surface area (Å²) in [5, 5.41) is 0. The third kappa shape index (κ3) is 8.43. The Hall–Kier alpha value is -5.48. The van der Waals surface area contributed by atoms with Gasteiger partial charge in [-0.05, 0) is 195 Å². The molecule has 0 N–H and O–H groups in total. The number of hydrogen-bond donors (Lipinski definition) is 0. The molecular weight excluding hydrogens is 846 g/mol. The van der Waals surface area contributed by atoms with Crippen molar-refractivity contribution in [3.63, 3.8) is 0 Å². The predicted molar refractivity (Wildman–Crippen MR) is 308 cm³/mol. The molecule has 9 rings (SSSR count). The first-order chi connectivity index (χ1) is 32.5. The summed E-state index contributed by atoms with van der Waals surface area (Å²) in [6, 6.07) is 40.8. The van der Waals surface area contributed by atoms with Crippen molar-refractivity contribution in [3.8, 4) is 0 Å². The summed E-state index contributed by atoms with van der Waals surface area (Å²) in [5.41, 5.74) is 25.0. The summed E-state index contributed by atoms with van der Waals surface area (Å²) in [7, 11) is 0. The van der Waals surface area contributed by atoms with Gasteiger partial charge in [-0.1, -0.05) is 158 Å². The summed E-state index contributed by atoms with van der Waals surface area (Å²) >= 11 is 0. The van der Waals surface area contributed by atoms with E-state index in [1.165, 1.54) is 109 Å². The van der Waals surface area contributed by atoms with E-state index in [0.717, 1.165) is 23.5 Å². The molecule has 0 spiro atoms. The number of rotatable bonds is 7. The highest BCUT2D eigenvalue weighted by molar-refractivity contribution is 6.88. The van der Waals surface area contributed by atoms with Crippen LogP contribution in [0.2, 0.25) is 6.82 Å². The fourth-order valence-corrected chi connectivity index (χ4v) is 12.3. The van der Waals surface area contributed by atoms with Crippen LogP contribution in [0.3, 0.4) is 0 Å². The largest absolute Gasteiger partial charge is 0.318 e. The van der Waals surface area contributed by atoms with Crippen LogP contribution in [0.25, 0.3) is 0 Å². The standard InChI is InChI=1S/C66H82BN3/c1-20-68(55-40-52-50(37-43(55)3)63(11,12)31-33-65(52,15)16)58-35-42(2)36-59-60(58)67(19)54-30-29-49(39-57(54)70(59)56-41-53-51(38-44(56)4)64(13,14)32-34-66(53,17)18)69(47-25-21-45(22-26-47)61(5,6)7)48-27-23-46(24-28-48)62(8,9)10/h20-30,35-41H,1,31-34H2,2-19H3. The average Bonchev–Trinajstić information content (AvgIpc) is 3.27. The molecule has 1 aliphatic heterocycles. The first-order valence-corrected chi connectivity index (χ1v) is 26.4. The second-order valence-corrected chi connectivity index (χ2v) is 26.4. The molecule has 6 aromatic carbocycles. The minimum atomic E-state index is 0.0445. The number of benzene rings is 6. The average molecular weight is 928 g/mol. The van der Waals surface area contributed by atoms with Crippen molar-refractivity contribution >= 4 is 63.1 Å². The van der Waals surface area contributed by atoms with E-state index < -0.39 is 0 Å².